The van der Waals surface area contributed by atoms with Crippen molar-refractivity contribution in [3.05, 3.63) is 103 Å². The van der Waals surface area contributed by atoms with Crippen molar-refractivity contribution in [3.63, 3.8) is 0 Å². The first kappa shape index (κ1) is 58.6. The van der Waals surface area contributed by atoms with E-state index in [0.717, 1.165) is 34.6 Å². The Morgan fingerprint density at radius 3 is 1.63 bits per heavy atom. The Morgan fingerprint density at radius 1 is 0.566 bits per heavy atom. The predicted molar refractivity (Wildman–Crippen MR) is 254 cm³/mol. The van der Waals surface area contributed by atoms with E-state index in [-0.39, 0.29) is 26.1 Å². The van der Waals surface area contributed by atoms with Crippen LogP contribution in [0, 0.1) is 5.92 Å². The van der Waals surface area contributed by atoms with Crippen LogP contribution in [0.2, 0.25) is 0 Å². The van der Waals surface area contributed by atoms with Gasteiger partial charge in [-0.3, -0.25) is 24.0 Å². The Hall–Kier alpha value is -6.67. The number of esters is 5. The van der Waals surface area contributed by atoms with Gasteiger partial charge in [-0.05, 0) is 40.1 Å². The maximum atomic E-state index is 17.5. The van der Waals surface area contributed by atoms with Crippen molar-refractivity contribution in [1.29, 1.82) is 0 Å². The highest BCUT2D eigenvalue weighted by Crippen LogP contribution is 2.41. The molecule has 0 radical (unpaired) electrons. The quantitative estimate of drug-likeness (QED) is 0.0414. The molecule has 76 heavy (non-hydrogen) atoms. The maximum absolute atomic E-state index is 17.5. The van der Waals surface area contributed by atoms with Crippen molar-refractivity contribution in [2.45, 2.75) is 172 Å². The van der Waals surface area contributed by atoms with Crippen molar-refractivity contribution >= 4 is 29.8 Å². The Kier molecular flexibility index (Phi) is 21.9. The summed E-state index contributed by atoms with van der Waals surface area (Å²) in [5, 5.41) is 11.2. The van der Waals surface area contributed by atoms with Gasteiger partial charge in [0.25, 0.3) is 0 Å². The molecule has 0 N–H and O–H groups in total. The van der Waals surface area contributed by atoms with Crippen LogP contribution in [0.1, 0.15) is 65.5 Å². The van der Waals surface area contributed by atoms with Gasteiger partial charge in [-0.25, -0.2) is 4.39 Å². The molecule has 1 aliphatic carbocycles. The zero-order chi connectivity index (χ0) is 54.9. The summed E-state index contributed by atoms with van der Waals surface area (Å²) in [7, 11) is 0. The van der Waals surface area contributed by atoms with Crippen molar-refractivity contribution in [2.24, 2.45) is 21.3 Å². The molecular formula is C48H60FN9O18. The second kappa shape index (κ2) is 28.5. The molecule has 2 aromatic rings. The van der Waals surface area contributed by atoms with Crippen LogP contribution in [0.5, 0.6) is 0 Å². The minimum Gasteiger partial charge on any atom is -0.463 e. The molecule has 4 aliphatic rings. The van der Waals surface area contributed by atoms with E-state index in [1.807, 2.05) is 6.07 Å². The highest BCUT2D eigenvalue weighted by Gasteiger charge is 2.57. The molecule has 1 saturated carbocycles. The molecule has 2 aromatic carbocycles. The van der Waals surface area contributed by atoms with Crippen LogP contribution in [-0.4, -0.2) is 154 Å². The fourth-order valence-electron chi connectivity index (χ4n) is 9.42. The summed E-state index contributed by atoms with van der Waals surface area (Å²) in [5.41, 5.74) is 29.7. The molecule has 0 aromatic heterocycles. The van der Waals surface area contributed by atoms with Gasteiger partial charge in [0.1, 0.15) is 55.4 Å². The Bertz CT molecular complexity index is 2420. The summed E-state index contributed by atoms with van der Waals surface area (Å²) in [6, 6.07) is 16.7. The highest BCUT2D eigenvalue weighted by molar-refractivity contribution is 5.68. The molecule has 0 spiro atoms. The molecule has 3 saturated heterocycles. The molecule has 28 heteroatoms. The number of nitrogens with zero attached hydrogens (tertiary/aromatic N) is 9. The van der Waals surface area contributed by atoms with Gasteiger partial charge in [0.15, 0.2) is 37.2 Å². The first-order valence-electron chi connectivity index (χ1n) is 24.3. The number of benzene rings is 2. The normalized spacial score (nSPS) is 32.9. The van der Waals surface area contributed by atoms with Crippen molar-refractivity contribution < 1.29 is 89.9 Å². The first-order valence-corrected chi connectivity index (χ1v) is 24.3. The number of ether oxygens (including phenoxy) is 13. The number of carbonyl (C=O) groups is 5. The Balaban J connectivity index is 1.39. The van der Waals surface area contributed by atoms with E-state index in [1.54, 1.807) is 61.5 Å². The lowest BCUT2D eigenvalue weighted by atomic mass is 9.80. The number of rotatable bonds is 23. The molecule has 3 aliphatic heterocycles. The van der Waals surface area contributed by atoms with Gasteiger partial charge in [0.2, 0.25) is 0 Å². The van der Waals surface area contributed by atoms with Crippen LogP contribution < -0.4 is 0 Å². The Labute approximate surface area is 434 Å². The summed E-state index contributed by atoms with van der Waals surface area (Å²) in [4.78, 5) is 71.4. The summed E-state index contributed by atoms with van der Waals surface area (Å²) >= 11 is 0. The van der Waals surface area contributed by atoms with Gasteiger partial charge in [-0.2, -0.15) is 0 Å². The molecule has 27 nitrogen and oxygen atoms in total. The zero-order valence-corrected chi connectivity index (χ0v) is 42.4. The number of azide groups is 3. The molecule has 6 rings (SSSR count). The monoisotopic (exact) mass is 1070 g/mol. The largest absolute Gasteiger partial charge is 0.463 e. The second-order valence-corrected chi connectivity index (χ2v) is 18.2. The molecule has 4 fully saturated rings. The Morgan fingerprint density at radius 2 is 1.08 bits per heavy atom. The third kappa shape index (κ3) is 16.2. The standard InChI is InChI=1S/C48H60FN9O18/c1-24-17-32(55-58-52)40(68-27(4)61)45(39(24)75-47-44(66-22-31-15-11-8-12-16-31)38(49)42(35(72-47)20-54-57-51)65-21-30-13-9-7-10-14-30)76-48-46(70-29(6)63)43(36(73-48)23-64-25(2)59)74-37-18-33(67-26(3)60)41(69-28(5)62)34(71-37)19-53-56-50/h7-16,24,32-48H,17-23H2,1-6H3/t24-,32?,33+,34-,35+,36+,37+,38-,39+,40-,41-,42+,43+,44+,45-,46+,47+,48-/m0/s1. The topological polar surface area (TPSA) is 352 Å². The van der Waals surface area contributed by atoms with E-state index in [2.05, 4.69) is 30.1 Å². The number of alkyl halides is 1. The van der Waals surface area contributed by atoms with E-state index < -0.39 is 160 Å². The van der Waals surface area contributed by atoms with Crippen LogP contribution in [-0.2, 0) is 98.8 Å². The fourth-order valence-corrected chi connectivity index (χ4v) is 9.42. The zero-order valence-electron chi connectivity index (χ0n) is 42.4. The molecule has 0 bridgehead atoms. The number of halogens is 1. The lowest BCUT2D eigenvalue weighted by Gasteiger charge is -2.48. The lowest BCUT2D eigenvalue weighted by molar-refractivity contribution is -0.338. The van der Waals surface area contributed by atoms with Crippen molar-refractivity contribution in [3.8, 4) is 0 Å². The van der Waals surface area contributed by atoms with Gasteiger partial charge in [0.05, 0.1) is 44.6 Å². The van der Waals surface area contributed by atoms with E-state index in [1.165, 1.54) is 0 Å². The molecule has 412 valence electrons. The molecule has 0 amide bonds. The van der Waals surface area contributed by atoms with Gasteiger partial charge in [-0.15, -0.1) is 0 Å². The summed E-state index contributed by atoms with van der Waals surface area (Å²) in [6.07, 6.45) is -24.0. The maximum Gasteiger partial charge on any atom is 0.303 e. The average molecular weight is 1070 g/mol. The number of hydrogen-bond acceptors (Lipinski definition) is 21. The van der Waals surface area contributed by atoms with E-state index in [0.29, 0.717) is 11.1 Å². The third-order valence-electron chi connectivity index (χ3n) is 12.5. The summed E-state index contributed by atoms with van der Waals surface area (Å²) in [5.74, 6) is -4.77. The highest BCUT2D eigenvalue weighted by atomic mass is 19.1. The van der Waals surface area contributed by atoms with Gasteiger partial charge in [0, 0.05) is 55.8 Å². The van der Waals surface area contributed by atoms with Crippen molar-refractivity contribution in [2.75, 3.05) is 19.7 Å². The van der Waals surface area contributed by atoms with Crippen LogP contribution in [0.25, 0.3) is 31.3 Å². The lowest BCUT2D eigenvalue weighted by Crippen LogP contribution is -2.63. The molecule has 18 atom stereocenters. The van der Waals surface area contributed by atoms with Gasteiger partial charge < -0.3 is 61.6 Å². The van der Waals surface area contributed by atoms with E-state index >= 15 is 4.39 Å². The third-order valence-corrected chi connectivity index (χ3v) is 12.5. The van der Waals surface area contributed by atoms with E-state index in [9.17, 15) is 40.6 Å². The fraction of sp³-hybridized carbons (Fsp3) is 0.646. The van der Waals surface area contributed by atoms with Crippen LogP contribution in [0.4, 0.5) is 4.39 Å². The minimum absolute atomic E-state index is 0.00755. The molecular weight excluding hydrogens is 1010 g/mol. The second-order valence-electron chi connectivity index (χ2n) is 18.2. The number of carbonyl (C=O) groups excluding carboxylic acids is 5. The van der Waals surface area contributed by atoms with Gasteiger partial charge in [-0.1, -0.05) is 82.9 Å². The summed E-state index contributed by atoms with van der Waals surface area (Å²) < 4.78 is 96.8. The van der Waals surface area contributed by atoms with Crippen molar-refractivity contribution in [1.82, 2.24) is 0 Å². The molecule has 3 heterocycles. The van der Waals surface area contributed by atoms with Crippen LogP contribution in [0.15, 0.2) is 76.0 Å². The summed E-state index contributed by atoms with van der Waals surface area (Å²) in [6.45, 7) is 5.61. The number of hydrogen-bond donors (Lipinski definition) is 0. The van der Waals surface area contributed by atoms with Gasteiger partial charge >= 0.3 is 29.8 Å². The average Bonchev–Trinajstić information content (AvgIpc) is 3.68. The van der Waals surface area contributed by atoms with E-state index in [4.69, 9.17) is 61.6 Å². The predicted octanol–water partition coefficient (Wildman–Crippen LogP) is 5.84. The first-order chi connectivity index (χ1) is 36.5. The van der Waals surface area contributed by atoms with Crippen LogP contribution in [0.3, 0.4) is 0 Å². The smallest absolute Gasteiger partial charge is 0.303 e. The minimum atomic E-state index is -2.01. The SMILES string of the molecule is CC(=O)OC[C@H]1O[C@@H](O[C@H]2[C@H](O[C@H]3O[C@H](CN=[N+]=[N-])[C@@H](OCc4ccccc4)[C@H](F)[C@H]3OCc3ccccc3)[C@@H](C)CC(N=[N+]=[N-])[C@@H]2OC(C)=O)[C@H](OC(C)=O)[C@@H]1O[C@@H]1C[C@@H](OC(C)=O)[C@H](OC(C)=O)[C@H](CN=[N+]=[N-])O1. The molecule has 1 unspecified atom stereocenters. The van der Waals surface area contributed by atoms with Crippen LogP contribution >= 0.6 is 0 Å².